The molecule has 3 aliphatic carbocycles. The molecule has 8 aromatic rings. The van der Waals surface area contributed by atoms with E-state index in [1.54, 1.807) is 0 Å². The lowest BCUT2D eigenvalue weighted by molar-refractivity contribution is 0.551. The maximum Gasteiger partial charge on any atom is 0.146 e. The third-order valence-corrected chi connectivity index (χ3v) is 50.0. The van der Waals surface area contributed by atoms with Crippen molar-refractivity contribution in [2.45, 2.75) is 270 Å². The number of rotatable bonds is 13. The van der Waals surface area contributed by atoms with Crippen molar-refractivity contribution in [2.24, 2.45) is 0 Å². The number of hydrogen-bond acceptors (Lipinski definition) is 0. The molecule has 8 aromatic carbocycles. The maximum atomic E-state index is 4.10. The van der Waals surface area contributed by atoms with Crippen LogP contribution in [0.2, 0.25) is 66.5 Å². The van der Waals surface area contributed by atoms with Gasteiger partial charge in [0.15, 0.2) is 0 Å². The van der Waals surface area contributed by atoms with Crippen LogP contribution in [0.3, 0.4) is 0 Å². The largest absolute Gasteiger partial charge is 0.146 e. The summed E-state index contributed by atoms with van der Waals surface area (Å²) in [5.41, 5.74) is 39.0. The van der Waals surface area contributed by atoms with E-state index in [2.05, 4.69) is 347 Å². The van der Waals surface area contributed by atoms with Gasteiger partial charge in [-0.05, 0) is 215 Å². The van der Waals surface area contributed by atoms with Crippen molar-refractivity contribution in [3.05, 3.63) is 188 Å². The normalized spacial score (nSPS) is 16.8. The van der Waals surface area contributed by atoms with E-state index < -0.39 is 32.3 Å². The summed E-state index contributed by atoms with van der Waals surface area (Å²) in [5.74, 6) is 15.7. The molecule has 0 saturated carbocycles. The summed E-state index contributed by atoms with van der Waals surface area (Å²) >= 11 is 0. The Morgan fingerprint density at radius 2 is 0.436 bits per heavy atom. The molecule has 3 aliphatic rings. The minimum atomic E-state index is -1.99. The average molecular weight is 1310 g/mol. The highest BCUT2D eigenvalue weighted by atomic mass is 28.3. The average Bonchev–Trinajstić information content (AvgIpc) is 0.697. The molecule has 0 aromatic heterocycles. The Bertz CT molecular complexity index is 4380. The van der Waals surface area contributed by atoms with Crippen molar-refractivity contribution in [2.75, 3.05) is 0 Å². The fraction of sp³-hybridized carbons (Fsp3) is 0.467. The van der Waals surface area contributed by atoms with Crippen LogP contribution in [0, 0.1) is 52.8 Å². The van der Waals surface area contributed by atoms with Crippen LogP contribution >= 0.6 is 0 Å². The van der Waals surface area contributed by atoms with E-state index in [4.69, 9.17) is 0 Å². The van der Waals surface area contributed by atoms with Gasteiger partial charge in [0.1, 0.15) is 32.3 Å². The SMILES string of the molecule is Cc1cc2ccc(C#C[Si](C(C)C)(C(C)C)C(C)C)cc2cc1[C@H]1c2cc3ccc(C#C[Si](C(C)C)(C(C)C)C(C)C)cc3cc2[C@H](C)[C@@H]2c3cc4ccc(C#C[Si](C(C)C)(C(C)C)C(C)C)cc4cc3[C@@H]1c1cc3ccc(C#C[Si](C(C)C)(C(C)C)C(C)C)cc3cc12. The summed E-state index contributed by atoms with van der Waals surface area (Å²) in [6.45, 7) is 63.1. The number of benzene rings is 8. The summed E-state index contributed by atoms with van der Waals surface area (Å²) in [5, 5.41) is 10.2. The van der Waals surface area contributed by atoms with Gasteiger partial charge in [-0.25, -0.2) is 0 Å². The third-order valence-electron chi connectivity index (χ3n) is 24.8. The molecule has 0 saturated heterocycles. The fourth-order valence-electron chi connectivity index (χ4n) is 20.2. The van der Waals surface area contributed by atoms with E-state index in [1.165, 1.54) is 87.6 Å². The third kappa shape index (κ3) is 12.1. The van der Waals surface area contributed by atoms with Crippen LogP contribution in [0.1, 0.15) is 264 Å². The van der Waals surface area contributed by atoms with Crippen molar-refractivity contribution in [3.63, 3.8) is 0 Å². The Morgan fingerprint density at radius 1 is 0.234 bits per heavy atom. The first-order valence-electron chi connectivity index (χ1n) is 36.7. The zero-order chi connectivity index (χ0) is 68.6. The second-order valence-electron chi connectivity index (χ2n) is 33.2. The van der Waals surface area contributed by atoms with E-state index in [-0.39, 0.29) is 23.7 Å². The molecule has 0 radical (unpaired) electrons. The second-order valence-corrected chi connectivity index (χ2v) is 55.5. The molecule has 2 bridgehead atoms. The van der Waals surface area contributed by atoms with Crippen molar-refractivity contribution < 1.29 is 0 Å². The van der Waals surface area contributed by atoms with Gasteiger partial charge in [0, 0.05) is 40.0 Å². The Balaban J connectivity index is 1.30. The van der Waals surface area contributed by atoms with Gasteiger partial charge in [-0.1, -0.05) is 270 Å². The minimum absolute atomic E-state index is 0.00855. The van der Waals surface area contributed by atoms with Crippen LogP contribution in [-0.2, 0) is 0 Å². The van der Waals surface area contributed by atoms with Gasteiger partial charge in [0.2, 0.25) is 0 Å². The number of hydrogen-bond donors (Lipinski definition) is 0. The van der Waals surface area contributed by atoms with E-state index in [1.807, 2.05) is 0 Å². The molecule has 490 valence electrons. The predicted molar refractivity (Wildman–Crippen MR) is 426 cm³/mol. The molecule has 0 fully saturated rings. The highest BCUT2D eigenvalue weighted by Crippen LogP contribution is 2.61. The first-order valence-corrected chi connectivity index (χ1v) is 45.6. The van der Waals surface area contributed by atoms with Gasteiger partial charge in [0.25, 0.3) is 0 Å². The first-order chi connectivity index (χ1) is 44.3. The second kappa shape index (κ2) is 27.1. The van der Waals surface area contributed by atoms with Crippen molar-refractivity contribution in [3.8, 4) is 45.9 Å². The van der Waals surface area contributed by atoms with Gasteiger partial charge in [-0.3, -0.25) is 0 Å². The summed E-state index contributed by atoms with van der Waals surface area (Å²) in [6, 6.07) is 49.3. The van der Waals surface area contributed by atoms with Crippen LogP contribution in [0.4, 0.5) is 0 Å². The van der Waals surface area contributed by atoms with Gasteiger partial charge in [-0.2, -0.15) is 0 Å². The van der Waals surface area contributed by atoms with Crippen LogP contribution < -0.4 is 0 Å². The lowest BCUT2D eigenvalue weighted by Gasteiger charge is -2.45. The van der Waals surface area contributed by atoms with Crippen LogP contribution in [0.5, 0.6) is 0 Å². The van der Waals surface area contributed by atoms with Gasteiger partial charge in [-0.15, -0.1) is 22.2 Å². The van der Waals surface area contributed by atoms with Gasteiger partial charge >= 0.3 is 0 Å². The molecular weight excluding hydrogens is 1190 g/mol. The molecule has 4 heteroatoms. The van der Waals surface area contributed by atoms with Crippen LogP contribution in [0.15, 0.2) is 121 Å². The fourth-order valence-corrected chi connectivity index (χ4v) is 41.1. The standard InChI is InChI=1S/C90H114Si4/c1-55(2)91(56(3)4,57(5)6)39-35-69-27-31-73-43-67(25)81(51-77(73)44-69)89-83-48-74-32-28-70(36-40-92(58(7)8,59(9)10)60(11)12)45-78(74)52-82(83)68(26)88-84-49-75-33-29-72(38-42-94(64(19)20,65(21)22)66(23)24)47-80(75)54-87(84)90(89)86-50-76-34-30-71(46-79(76)53-85(86)88)37-41-93(61(13)14,62(15)16)63(17)18/h27-34,43-66,68,88-90H,1-26H3/t68-,88+,89-,90-/m0/s1. The van der Waals surface area contributed by atoms with Crippen molar-refractivity contribution in [1.29, 1.82) is 0 Å². The van der Waals surface area contributed by atoms with Crippen molar-refractivity contribution >= 4 is 75.4 Å². The molecule has 0 nitrogen and oxygen atoms in total. The zero-order valence-electron chi connectivity index (χ0n) is 62.8. The molecule has 0 aliphatic heterocycles. The maximum absolute atomic E-state index is 4.10. The minimum Gasteiger partial charge on any atom is -0.125 e. The van der Waals surface area contributed by atoms with Crippen LogP contribution in [-0.4, -0.2) is 32.3 Å². The zero-order valence-corrected chi connectivity index (χ0v) is 66.8. The lowest BCUT2D eigenvalue weighted by Crippen LogP contribution is -2.43. The monoisotopic (exact) mass is 1310 g/mol. The smallest absolute Gasteiger partial charge is 0.125 e. The molecule has 4 atom stereocenters. The van der Waals surface area contributed by atoms with E-state index in [0.717, 1.165) is 22.3 Å². The lowest BCUT2D eigenvalue weighted by atomic mass is 9.57. The van der Waals surface area contributed by atoms with Crippen molar-refractivity contribution in [1.82, 2.24) is 0 Å². The Labute approximate surface area is 575 Å². The Kier molecular flexibility index (Phi) is 20.4. The molecule has 11 rings (SSSR count). The summed E-state index contributed by atoms with van der Waals surface area (Å²) < 4.78 is 0. The van der Waals surface area contributed by atoms with Gasteiger partial charge < -0.3 is 0 Å². The van der Waals surface area contributed by atoms with E-state index in [9.17, 15) is 0 Å². The summed E-state index contributed by atoms with van der Waals surface area (Å²) in [6.07, 6.45) is 0. The quantitative estimate of drug-likeness (QED) is 0.0797. The Morgan fingerprint density at radius 3 is 0.702 bits per heavy atom. The molecule has 0 unspecified atom stereocenters. The number of fused-ring (bicyclic) bond motifs is 4. The van der Waals surface area contributed by atoms with E-state index in [0.29, 0.717) is 66.5 Å². The number of aryl methyl sites for hydroxylation is 1. The summed E-state index contributed by atoms with van der Waals surface area (Å²) in [4.78, 5) is 0. The molecule has 94 heavy (non-hydrogen) atoms. The molecule has 0 amide bonds. The molecule has 0 spiro atoms. The summed E-state index contributed by atoms with van der Waals surface area (Å²) in [7, 11) is -7.93. The predicted octanol–water partition coefficient (Wildman–Crippen LogP) is 26.4. The van der Waals surface area contributed by atoms with E-state index >= 15 is 0 Å². The van der Waals surface area contributed by atoms with Crippen LogP contribution in [0.25, 0.3) is 43.1 Å². The van der Waals surface area contributed by atoms with Gasteiger partial charge in [0.05, 0.1) is 0 Å². The topological polar surface area (TPSA) is 0 Å². The molecule has 0 N–H and O–H groups in total. The Hall–Kier alpha value is -6.09. The highest BCUT2D eigenvalue weighted by Gasteiger charge is 2.48. The molecular formula is C90H114Si4. The first kappa shape index (κ1) is 70.7. The molecule has 0 heterocycles. The highest BCUT2D eigenvalue weighted by molar-refractivity contribution is 6.92.